The number of amidine groups is 1. The van der Waals surface area contributed by atoms with E-state index < -0.39 is 0 Å². The second kappa shape index (κ2) is 8.97. The van der Waals surface area contributed by atoms with Crippen LogP contribution in [0.5, 0.6) is 0 Å². The Labute approximate surface area is 87.1 Å². The lowest BCUT2D eigenvalue weighted by molar-refractivity contribution is 0.163. The Morgan fingerprint density at radius 3 is 2.71 bits per heavy atom. The van der Waals surface area contributed by atoms with Gasteiger partial charge in [-0.1, -0.05) is 6.92 Å². The molecule has 84 valence electrons. The summed E-state index contributed by atoms with van der Waals surface area (Å²) in [6, 6.07) is 0. The highest BCUT2D eigenvalue weighted by atomic mass is 16.5. The number of hydrogen-bond donors (Lipinski definition) is 1. The van der Waals surface area contributed by atoms with Crippen molar-refractivity contribution in [2.45, 2.75) is 19.8 Å². The second-order valence-corrected chi connectivity index (χ2v) is 3.42. The van der Waals surface area contributed by atoms with E-state index in [2.05, 4.69) is 23.9 Å². The molecule has 0 heterocycles. The molecule has 0 aliphatic heterocycles. The van der Waals surface area contributed by atoms with Gasteiger partial charge in [-0.15, -0.1) is 0 Å². The largest absolute Gasteiger partial charge is 0.387 e. The number of methoxy groups -OCH3 is 1. The molecule has 0 amide bonds. The van der Waals surface area contributed by atoms with Crippen molar-refractivity contribution in [3.8, 4) is 0 Å². The fourth-order valence-electron chi connectivity index (χ4n) is 1.06. The van der Waals surface area contributed by atoms with Crippen molar-refractivity contribution < 1.29 is 4.74 Å². The van der Waals surface area contributed by atoms with Crippen LogP contribution in [0.4, 0.5) is 0 Å². The van der Waals surface area contributed by atoms with E-state index in [0.29, 0.717) is 0 Å². The van der Waals surface area contributed by atoms with Gasteiger partial charge in [-0.2, -0.15) is 0 Å². The van der Waals surface area contributed by atoms with Crippen LogP contribution < -0.4 is 5.73 Å². The Hall–Kier alpha value is -0.610. The lowest BCUT2D eigenvalue weighted by Crippen LogP contribution is -2.26. The van der Waals surface area contributed by atoms with Crippen molar-refractivity contribution in [2.75, 3.05) is 40.4 Å². The maximum atomic E-state index is 5.68. The van der Waals surface area contributed by atoms with Crippen molar-refractivity contribution in [1.29, 1.82) is 0 Å². The molecule has 0 aromatic rings. The maximum Gasteiger partial charge on any atom is 0.0937 e. The van der Waals surface area contributed by atoms with E-state index in [1.165, 1.54) is 0 Å². The molecule has 2 N–H and O–H groups in total. The van der Waals surface area contributed by atoms with E-state index in [1.807, 2.05) is 0 Å². The first-order valence-electron chi connectivity index (χ1n) is 5.17. The van der Waals surface area contributed by atoms with E-state index in [9.17, 15) is 0 Å². The molecule has 4 heteroatoms. The summed E-state index contributed by atoms with van der Waals surface area (Å²) in [4.78, 5) is 6.46. The summed E-state index contributed by atoms with van der Waals surface area (Å²) in [6.07, 6.45) is 1.97. The minimum atomic E-state index is 0.769. The summed E-state index contributed by atoms with van der Waals surface area (Å²) in [5.74, 6) is 0.771. The molecule has 0 radical (unpaired) electrons. The number of nitrogens with zero attached hydrogens (tertiary/aromatic N) is 2. The summed E-state index contributed by atoms with van der Waals surface area (Å²) in [5, 5.41) is 0. The fraction of sp³-hybridized carbons (Fsp3) is 0.900. The Balaban J connectivity index is 3.46. The molecule has 0 saturated carbocycles. The van der Waals surface area contributed by atoms with Crippen LogP contribution in [-0.4, -0.2) is 51.1 Å². The van der Waals surface area contributed by atoms with E-state index >= 15 is 0 Å². The number of likely N-dealkylation sites (N-methyl/N-ethyl adjacent to an activating group) is 1. The van der Waals surface area contributed by atoms with Crippen LogP contribution in [-0.2, 0) is 4.74 Å². The lowest BCUT2D eigenvalue weighted by atomic mass is 10.3. The van der Waals surface area contributed by atoms with Crippen molar-refractivity contribution in [3.63, 3.8) is 0 Å². The maximum absolute atomic E-state index is 5.68. The zero-order chi connectivity index (χ0) is 10.8. The zero-order valence-electron chi connectivity index (χ0n) is 9.62. The van der Waals surface area contributed by atoms with Crippen molar-refractivity contribution >= 4 is 5.84 Å². The van der Waals surface area contributed by atoms with Crippen LogP contribution in [0.2, 0.25) is 0 Å². The van der Waals surface area contributed by atoms with Gasteiger partial charge in [-0.05, 0) is 13.5 Å². The summed E-state index contributed by atoms with van der Waals surface area (Å²) < 4.78 is 4.98. The molecule has 0 saturated heterocycles. The lowest BCUT2D eigenvalue weighted by Gasteiger charge is -2.14. The molecule has 4 nitrogen and oxygen atoms in total. The summed E-state index contributed by atoms with van der Waals surface area (Å²) in [5.41, 5.74) is 5.68. The monoisotopic (exact) mass is 201 g/mol. The molecule has 0 spiro atoms. The highest BCUT2D eigenvalue weighted by Gasteiger charge is 1.96. The van der Waals surface area contributed by atoms with E-state index in [0.717, 1.165) is 44.9 Å². The number of aliphatic imine (C=N–C) groups is 1. The SMILES string of the molecule is CCCC(N)=NCCN(C)CCOC. The topological polar surface area (TPSA) is 50.8 Å². The van der Waals surface area contributed by atoms with Crippen LogP contribution in [0.3, 0.4) is 0 Å². The van der Waals surface area contributed by atoms with E-state index in [4.69, 9.17) is 10.5 Å². The average molecular weight is 201 g/mol. The minimum Gasteiger partial charge on any atom is -0.387 e. The second-order valence-electron chi connectivity index (χ2n) is 3.42. The normalized spacial score (nSPS) is 12.4. The quantitative estimate of drug-likeness (QED) is 0.465. The van der Waals surface area contributed by atoms with Crippen molar-refractivity contribution in [3.05, 3.63) is 0 Å². The third kappa shape index (κ3) is 8.01. The van der Waals surface area contributed by atoms with Crippen LogP contribution in [0, 0.1) is 0 Å². The summed E-state index contributed by atoms with van der Waals surface area (Å²) in [7, 11) is 3.77. The zero-order valence-corrected chi connectivity index (χ0v) is 9.62. The molecule has 14 heavy (non-hydrogen) atoms. The smallest absolute Gasteiger partial charge is 0.0937 e. The fourth-order valence-corrected chi connectivity index (χ4v) is 1.06. The molecule has 0 rings (SSSR count). The Kier molecular flexibility index (Phi) is 8.57. The van der Waals surface area contributed by atoms with Gasteiger partial charge in [0.1, 0.15) is 0 Å². The van der Waals surface area contributed by atoms with Crippen LogP contribution in [0.15, 0.2) is 4.99 Å². The van der Waals surface area contributed by atoms with Gasteiger partial charge in [0, 0.05) is 26.6 Å². The third-order valence-corrected chi connectivity index (χ3v) is 1.98. The van der Waals surface area contributed by atoms with Gasteiger partial charge in [0.2, 0.25) is 0 Å². The van der Waals surface area contributed by atoms with Gasteiger partial charge >= 0.3 is 0 Å². The van der Waals surface area contributed by atoms with Crippen molar-refractivity contribution in [2.24, 2.45) is 10.7 Å². The van der Waals surface area contributed by atoms with Crippen molar-refractivity contribution in [1.82, 2.24) is 4.90 Å². The standard InChI is InChI=1S/C10H23N3O/c1-4-5-10(11)12-6-7-13(2)8-9-14-3/h4-9H2,1-3H3,(H2,11,12). The number of ether oxygens (including phenoxy) is 1. The predicted octanol–water partition coefficient (Wildman–Crippen LogP) is 0.722. The van der Waals surface area contributed by atoms with Gasteiger partial charge in [0.05, 0.1) is 19.0 Å². The molecule has 0 atom stereocenters. The molecule has 0 aromatic carbocycles. The average Bonchev–Trinajstić information content (AvgIpc) is 2.15. The molecule has 0 aliphatic carbocycles. The molecule has 0 bridgehead atoms. The predicted molar refractivity (Wildman–Crippen MR) is 60.8 cm³/mol. The molecular formula is C10H23N3O. The Morgan fingerprint density at radius 1 is 1.43 bits per heavy atom. The van der Waals surface area contributed by atoms with Crippen LogP contribution >= 0.6 is 0 Å². The molecule has 0 unspecified atom stereocenters. The highest BCUT2D eigenvalue weighted by Crippen LogP contribution is 1.88. The first-order chi connectivity index (χ1) is 6.70. The van der Waals surface area contributed by atoms with Crippen LogP contribution in [0.1, 0.15) is 19.8 Å². The number of hydrogen-bond acceptors (Lipinski definition) is 3. The van der Waals surface area contributed by atoms with Gasteiger partial charge < -0.3 is 15.4 Å². The molecule has 0 fully saturated rings. The van der Waals surface area contributed by atoms with Gasteiger partial charge in [0.25, 0.3) is 0 Å². The minimum absolute atomic E-state index is 0.769. The Morgan fingerprint density at radius 2 is 2.14 bits per heavy atom. The molecule has 0 aliphatic rings. The van der Waals surface area contributed by atoms with Crippen LogP contribution in [0.25, 0.3) is 0 Å². The highest BCUT2D eigenvalue weighted by molar-refractivity contribution is 5.80. The van der Waals surface area contributed by atoms with E-state index in [-0.39, 0.29) is 0 Å². The first-order valence-corrected chi connectivity index (χ1v) is 5.17. The molecular weight excluding hydrogens is 178 g/mol. The number of rotatable bonds is 8. The first kappa shape index (κ1) is 13.4. The Bertz CT molecular complexity index is 159. The van der Waals surface area contributed by atoms with Gasteiger partial charge in [-0.25, -0.2) is 0 Å². The summed E-state index contributed by atoms with van der Waals surface area (Å²) in [6.45, 7) is 5.54. The summed E-state index contributed by atoms with van der Waals surface area (Å²) >= 11 is 0. The molecule has 0 aromatic heterocycles. The third-order valence-electron chi connectivity index (χ3n) is 1.98. The van der Waals surface area contributed by atoms with Gasteiger partial charge in [-0.3, -0.25) is 4.99 Å². The number of nitrogens with two attached hydrogens (primary N) is 1. The van der Waals surface area contributed by atoms with E-state index in [1.54, 1.807) is 7.11 Å². The van der Waals surface area contributed by atoms with Gasteiger partial charge in [0.15, 0.2) is 0 Å².